The van der Waals surface area contributed by atoms with E-state index in [-0.39, 0.29) is 0 Å². The topological polar surface area (TPSA) is 38.1 Å². The van der Waals surface area contributed by atoms with Crippen LogP contribution in [0.5, 0.6) is 0 Å². The maximum atomic E-state index is 5.38. The van der Waals surface area contributed by atoms with Crippen LogP contribution in [0, 0.1) is 5.92 Å². The second-order valence-electron chi connectivity index (χ2n) is 5.00. The molecule has 1 aliphatic heterocycles. The van der Waals surface area contributed by atoms with Crippen molar-refractivity contribution >= 4 is 26.9 Å². The van der Waals surface area contributed by atoms with E-state index in [0.717, 1.165) is 46.6 Å². The van der Waals surface area contributed by atoms with Crippen LogP contribution in [-0.2, 0) is 6.42 Å². The molecule has 96 valence electrons. The molecule has 3 rings (SSSR count). The first-order valence-corrected chi connectivity index (χ1v) is 7.37. The predicted octanol–water partition coefficient (Wildman–Crippen LogP) is 3.52. The summed E-state index contributed by atoms with van der Waals surface area (Å²) >= 11 is 3.45. The summed E-state index contributed by atoms with van der Waals surface area (Å²) in [5.41, 5.74) is 1.99. The van der Waals surface area contributed by atoms with Crippen LogP contribution in [0.1, 0.15) is 25.0 Å². The number of nitrogens with one attached hydrogen (secondary N) is 1. The Morgan fingerprint density at radius 1 is 1.33 bits per heavy atom. The molecule has 0 unspecified atom stereocenters. The largest absolute Gasteiger partial charge is 0.356 e. The van der Waals surface area contributed by atoms with Gasteiger partial charge in [-0.3, -0.25) is 0 Å². The minimum absolute atomic E-state index is 0.841. The average Bonchev–Trinajstić information content (AvgIpc) is 2.80. The fraction of sp³-hybridized carbons (Fsp3) is 0.500. The molecule has 0 saturated carbocycles. The Labute approximate surface area is 115 Å². The molecule has 1 fully saturated rings. The highest BCUT2D eigenvalue weighted by molar-refractivity contribution is 9.10. The van der Waals surface area contributed by atoms with Gasteiger partial charge in [0.1, 0.15) is 0 Å². The summed E-state index contributed by atoms with van der Waals surface area (Å²) in [5.74, 6) is 0.841. The van der Waals surface area contributed by atoms with Gasteiger partial charge >= 0.3 is 0 Å². The van der Waals surface area contributed by atoms with Crippen molar-refractivity contribution in [1.82, 2.24) is 10.5 Å². The number of rotatable bonds is 3. The molecule has 1 aromatic carbocycles. The van der Waals surface area contributed by atoms with E-state index >= 15 is 0 Å². The Morgan fingerprint density at radius 3 is 3.00 bits per heavy atom. The molecule has 0 spiro atoms. The van der Waals surface area contributed by atoms with Gasteiger partial charge in [0.2, 0.25) is 0 Å². The quantitative estimate of drug-likeness (QED) is 0.942. The number of nitrogens with zero attached hydrogens (tertiary/aromatic N) is 1. The summed E-state index contributed by atoms with van der Waals surface area (Å²) < 4.78 is 6.42. The monoisotopic (exact) mass is 308 g/mol. The van der Waals surface area contributed by atoms with E-state index in [0.29, 0.717) is 0 Å². The minimum Gasteiger partial charge on any atom is -0.356 e. The van der Waals surface area contributed by atoms with Gasteiger partial charge in [-0.05, 0) is 62.9 Å². The minimum atomic E-state index is 0.841. The van der Waals surface area contributed by atoms with Crippen LogP contribution in [0.2, 0.25) is 0 Å². The number of hydrogen-bond donors (Lipinski definition) is 1. The SMILES string of the molecule is Brc1ccc2c(CCC3CCNCC3)noc2c1. The van der Waals surface area contributed by atoms with Crippen LogP contribution in [-0.4, -0.2) is 18.2 Å². The van der Waals surface area contributed by atoms with Crippen molar-refractivity contribution in [3.63, 3.8) is 0 Å². The van der Waals surface area contributed by atoms with Gasteiger partial charge in [0.05, 0.1) is 5.69 Å². The molecule has 0 amide bonds. The molecule has 18 heavy (non-hydrogen) atoms. The molecule has 2 aromatic rings. The first-order chi connectivity index (χ1) is 8.83. The third kappa shape index (κ3) is 2.59. The Hall–Kier alpha value is -0.870. The number of halogens is 1. The zero-order valence-electron chi connectivity index (χ0n) is 10.3. The summed E-state index contributed by atoms with van der Waals surface area (Å²) in [7, 11) is 0. The van der Waals surface area contributed by atoms with E-state index in [9.17, 15) is 0 Å². The second-order valence-corrected chi connectivity index (χ2v) is 5.92. The van der Waals surface area contributed by atoms with E-state index in [1.54, 1.807) is 0 Å². The molecule has 4 heteroatoms. The zero-order chi connectivity index (χ0) is 12.4. The normalized spacial score (nSPS) is 17.4. The van der Waals surface area contributed by atoms with E-state index < -0.39 is 0 Å². The zero-order valence-corrected chi connectivity index (χ0v) is 11.9. The number of aryl methyl sites for hydroxylation is 1. The van der Waals surface area contributed by atoms with Gasteiger partial charge in [0, 0.05) is 9.86 Å². The lowest BCUT2D eigenvalue weighted by molar-refractivity contribution is 0.350. The number of fused-ring (bicyclic) bond motifs is 1. The molecule has 1 saturated heterocycles. The number of aromatic nitrogens is 1. The van der Waals surface area contributed by atoms with Crippen molar-refractivity contribution in [2.75, 3.05) is 13.1 Å². The highest BCUT2D eigenvalue weighted by atomic mass is 79.9. The van der Waals surface area contributed by atoms with Gasteiger partial charge in [0.15, 0.2) is 5.58 Å². The van der Waals surface area contributed by atoms with Crippen LogP contribution in [0.25, 0.3) is 11.0 Å². The van der Waals surface area contributed by atoms with Crippen LogP contribution in [0.15, 0.2) is 27.2 Å². The number of benzene rings is 1. The Balaban J connectivity index is 1.70. The molecule has 1 aliphatic rings. The molecule has 0 bridgehead atoms. The highest BCUT2D eigenvalue weighted by Gasteiger charge is 2.15. The first-order valence-electron chi connectivity index (χ1n) is 6.57. The van der Waals surface area contributed by atoms with Crippen molar-refractivity contribution in [2.45, 2.75) is 25.7 Å². The van der Waals surface area contributed by atoms with E-state index in [2.05, 4.69) is 32.5 Å². The molecule has 0 radical (unpaired) electrons. The molecule has 3 nitrogen and oxygen atoms in total. The first kappa shape index (κ1) is 12.2. The molecular weight excluding hydrogens is 292 g/mol. The van der Waals surface area contributed by atoms with Gasteiger partial charge in [-0.25, -0.2) is 0 Å². The van der Waals surface area contributed by atoms with Crippen molar-refractivity contribution < 1.29 is 4.52 Å². The lowest BCUT2D eigenvalue weighted by atomic mass is 9.92. The van der Waals surface area contributed by atoms with E-state index in [4.69, 9.17) is 4.52 Å². The molecule has 2 heterocycles. The van der Waals surface area contributed by atoms with Gasteiger partial charge in [-0.2, -0.15) is 0 Å². The number of hydrogen-bond acceptors (Lipinski definition) is 3. The van der Waals surface area contributed by atoms with Gasteiger partial charge in [0.25, 0.3) is 0 Å². The third-order valence-electron chi connectivity index (χ3n) is 3.76. The Bertz CT molecular complexity index is 532. The van der Waals surface area contributed by atoms with Crippen LogP contribution < -0.4 is 5.32 Å². The van der Waals surface area contributed by atoms with Gasteiger partial charge in [-0.15, -0.1) is 0 Å². The summed E-state index contributed by atoms with van der Waals surface area (Å²) in [6.07, 6.45) is 4.83. The Morgan fingerprint density at radius 2 is 2.17 bits per heavy atom. The Kier molecular flexibility index (Phi) is 3.66. The summed E-state index contributed by atoms with van der Waals surface area (Å²) in [5, 5.41) is 8.77. The van der Waals surface area contributed by atoms with E-state index in [1.807, 2.05) is 12.1 Å². The van der Waals surface area contributed by atoms with Crippen molar-refractivity contribution in [3.8, 4) is 0 Å². The lowest BCUT2D eigenvalue weighted by Crippen LogP contribution is -2.27. The van der Waals surface area contributed by atoms with Gasteiger partial charge < -0.3 is 9.84 Å². The fourth-order valence-corrected chi connectivity index (χ4v) is 3.00. The molecule has 1 N–H and O–H groups in total. The fourth-order valence-electron chi connectivity index (χ4n) is 2.66. The molecule has 1 aromatic heterocycles. The smallest absolute Gasteiger partial charge is 0.168 e. The van der Waals surface area contributed by atoms with Crippen molar-refractivity contribution in [1.29, 1.82) is 0 Å². The number of piperidine rings is 1. The van der Waals surface area contributed by atoms with Crippen molar-refractivity contribution in [3.05, 3.63) is 28.4 Å². The summed E-state index contributed by atoms with van der Waals surface area (Å²) in [6.45, 7) is 2.33. The standard InChI is InChI=1S/C14H17BrN2O/c15-11-2-3-12-13(17-18-14(12)9-11)4-1-10-5-7-16-8-6-10/h2-3,9-10,16H,1,4-8H2. The van der Waals surface area contributed by atoms with Gasteiger partial charge in [-0.1, -0.05) is 21.1 Å². The highest BCUT2D eigenvalue weighted by Crippen LogP contribution is 2.25. The third-order valence-corrected chi connectivity index (χ3v) is 4.25. The van der Waals surface area contributed by atoms with Crippen LogP contribution in [0.4, 0.5) is 0 Å². The summed E-state index contributed by atoms with van der Waals surface area (Å²) in [4.78, 5) is 0. The average molecular weight is 309 g/mol. The van der Waals surface area contributed by atoms with Crippen LogP contribution in [0.3, 0.4) is 0 Å². The molecular formula is C14H17BrN2O. The van der Waals surface area contributed by atoms with Crippen LogP contribution >= 0.6 is 15.9 Å². The molecule has 0 atom stereocenters. The maximum absolute atomic E-state index is 5.38. The molecule has 0 aliphatic carbocycles. The van der Waals surface area contributed by atoms with E-state index in [1.165, 1.54) is 19.3 Å². The summed E-state index contributed by atoms with van der Waals surface area (Å²) in [6, 6.07) is 6.12. The lowest BCUT2D eigenvalue weighted by Gasteiger charge is -2.21. The maximum Gasteiger partial charge on any atom is 0.168 e. The predicted molar refractivity (Wildman–Crippen MR) is 75.6 cm³/mol. The second kappa shape index (κ2) is 5.41. The van der Waals surface area contributed by atoms with Crippen molar-refractivity contribution in [2.24, 2.45) is 5.92 Å².